The van der Waals surface area contributed by atoms with Gasteiger partial charge in [-0.05, 0) is 50.7 Å². The normalized spacial score (nSPS) is 19.6. The van der Waals surface area contributed by atoms with Gasteiger partial charge < -0.3 is 9.80 Å². The van der Waals surface area contributed by atoms with E-state index in [4.69, 9.17) is 0 Å². The maximum atomic E-state index is 2.59. The minimum Gasteiger partial charge on any atom is -0.371 e. The molecule has 2 aromatic carbocycles. The van der Waals surface area contributed by atoms with E-state index in [9.17, 15) is 0 Å². The van der Waals surface area contributed by atoms with Crippen LogP contribution >= 0.6 is 0 Å². The summed E-state index contributed by atoms with van der Waals surface area (Å²) in [6, 6.07) is 13.8. The Morgan fingerprint density at radius 3 is 1.32 bits per heavy atom. The first-order valence-corrected chi connectivity index (χ1v) is 8.95. The first kappa shape index (κ1) is 13.9. The molecule has 0 aromatic heterocycles. The maximum Gasteiger partial charge on any atom is 0.0446 e. The van der Waals surface area contributed by atoms with Crippen molar-refractivity contribution >= 4 is 22.1 Å². The molecule has 2 nitrogen and oxygen atoms in total. The Balaban J connectivity index is 1.76. The highest BCUT2D eigenvalue weighted by atomic mass is 15.1. The molecule has 2 fully saturated rings. The van der Waals surface area contributed by atoms with E-state index in [0.717, 1.165) is 0 Å². The molecule has 22 heavy (non-hydrogen) atoms. The molecule has 2 heterocycles. The Labute approximate surface area is 133 Å². The van der Waals surface area contributed by atoms with Gasteiger partial charge >= 0.3 is 0 Å². The monoisotopic (exact) mass is 294 g/mol. The zero-order valence-electron chi connectivity index (χ0n) is 13.4. The lowest BCUT2D eigenvalue weighted by atomic mass is 10.0. The number of nitrogens with zero attached hydrogens (tertiary/aromatic N) is 2. The van der Waals surface area contributed by atoms with Crippen molar-refractivity contribution in [1.29, 1.82) is 0 Å². The molecule has 0 N–H and O–H groups in total. The standard InChI is InChI=1S/C20H26N2/c1-3-13-21(14-4-1)19-11-7-10-18-17(19)9-8-12-20(18)22-15-5-2-6-16-22/h7-12H,1-6,13-16H2. The summed E-state index contributed by atoms with van der Waals surface area (Å²) in [5, 5.41) is 2.87. The van der Waals surface area contributed by atoms with Crippen molar-refractivity contribution in [2.75, 3.05) is 36.0 Å². The molecule has 2 heteroatoms. The fraction of sp³-hybridized carbons (Fsp3) is 0.500. The van der Waals surface area contributed by atoms with Crippen LogP contribution in [0.4, 0.5) is 11.4 Å². The molecule has 0 saturated carbocycles. The number of fused-ring (bicyclic) bond motifs is 1. The summed E-state index contributed by atoms with van der Waals surface area (Å²) in [6.07, 6.45) is 8.12. The summed E-state index contributed by atoms with van der Waals surface area (Å²) < 4.78 is 0. The van der Waals surface area contributed by atoms with E-state index in [2.05, 4.69) is 46.2 Å². The lowest BCUT2D eigenvalue weighted by molar-refractivity contribution is 0.578. The number of anilines is 2. The molecule has 0 unspecified atom stereocenters. The van der Waals surface area contributed by atoms with Gasteiger partial charge in [-0.1, -0.05) is 24.3 Å². The first-order valence-electron chi connectivity index (χ1n) is 8.95. The second kappa shape index (κ2) is 6.20. The third kappa shape index (κ3) is 2.55. The van der Waals surface area contributed by atoms with Crippen LogP contribution in [0.3, 0.4) is 0 Å². The number of hydrogen-bond acceptors (Lipinski definition) is 2. The molecular weight excluding hydrogens is 268 g/mol. The van der Waals surface area contributed by atoms with Crippen molar-refractivity contribution in [1.82, 2.24) is 0 Å². The summed E-state index contributed by atoms with van der Waals surface area (Å²) in [6.45, 7) is 4.86. The lowest BCUT2D eigenvalue weighted by Crippen LogP contribution is -2.30. The van der Waals surface area contributed by atoms with Crippen molar-refractivity contribution < 1.29 is 0 Å². The summed E-state index contributed by atoms with van der Waals surface area (Å²) in [5.41, 5.74) is 2.88. The Bertz CT molecular complexity index is 580. The van der Waals surface area contributed by atoms with Gasteiger partial charge in [0, 0.05) is 48.3 Å². The smallest absolute Gasteiger partial charge is 0.0446 e. The van der Waals surface area contributed by atoms with E-state index in [-0.39, 0.29) is 0 Å². The molecule has 2 aliphatic heterocycles. The molecule has 0 spiro atoms. The van der Waals surface area contributed by atoms with Gasteiger partial charge in [-0.2, -0.15) is 0 Å². The molecule has 116 valence electrons. The second-order valence-corrected chi connectivity index (χ2v) is 6.74. The predicted octanol–water partition coefficient (Wildman–Crippen LogP) is 4.82. The van der Waals surface area contributed by atoms with Crippen molar-refractivity contribution in [3.63, 3.8) is 0 Å². The van der Waals surface area contributed by atoms with Gasteiger partial charge in [0.1, 0.15) is 0 Å². The highest BCUT2D eigenvalue weighted by molar-refractivity contribution is 6.02. The summed E-state index contributed by atoms with van der Waals surface area (Å²) in [4.78, 5) is 5.18. The third-order valence-corrected chi connectivity index (χ3v) is 5.27. The van der Waals surface area contributed by atoms with Gasteiger partial charge in [0.25, 0.3) is 0 Å². The molecule has 2 aromatic rings. The Morgan fingerprint density at radius 2 is 0.909 bits per heavy atom. The molecule has 4 rings (SSSR count). The van der Waals surface area contributed by atoms with Gasteiger partial charge in [-0.25, -0.2) is 0 Å². The quantitative estimate of drug-likeness (QED) is 0.783. The summed E-state index contributed by atoms with van der Waals surface area (Å²) in [7, 11) is 0. The average Bonchev–Trinajstić information content (AvgIpc) is 2.62. The van der Waals surface area contributed by atoms with Crippen molar-refractivity contribution in [2.24, 2.45) is 0 Å². The van der Waals surface area contributed by atoms with Crippen LogP contribution in [0, 0.1) is 0 Å². The maximum absolute atomic E-state index is 2.59. The second-order valence-electron chi connectivity index (χ2n) is 6.74. The molecule has 2 saturated heterocycles. The van der Waals surface area contributed by atoms with Crippen LogP contribution in [0.1, 0.15) is 38.5 Å². The van der Waals surface area contributed by atoms with Crippen LogP contribution in [0.25, 0.3) is 10.8 Å². The van der Waals surface area contributed by atoms with Crippen LogP contribution in [0.5, 0.6) is 0 Å². The number of benzene rings is 2. The molecule has 0 aliphatic carbocycles. The topological polar surface area (TPSA) is 6.48 Å². The lowest BCUT2D eigenvalue weighted by Gasteiger charge is -2.32. The minimum atomic E-state index is 1.22. The molecule has 0 bridgehead atoms. The fourth-order valence-corrected chi connectivity index (χ4v) is 4.10. The number of piperidine rings is 2. The first-order chi connectivity index (χ1) is 10.9. The highest BCUT2D eigenvalue weighted by Gasteiger charge is 2.17. The Kier molecular flexibility index (Phi) is 3.92. The highest BCUT2D eigenvalue weighted by Crippen LogP contribution is 2.35. The van der Waals surface area contributed by atoms with Crippen LogP contribution in [0.2, 0.25) is 0 Å². The van der Waals surface area contributed by atoms with Gasteiger partial charge in [0.15, 0.2) is 0 Å². The SMILES string of the molecule is c1cc(N2CCCCC2)c2cccc(N3CCCCC3)c2c1. The molecule has 2 aliphatic rings. The molecular formula is C20H26N2. The number of rotatable bonds is 2. The number of hydrogen-bond donors (Lipinski definition) is 0. The van der Waals surface area contributed by atoms with E-state index in [1.165, 1.54) is 86.9 Å². The Hall–Kier alpha value is -1.70. The van der Waals surface area contributed by atoms with Gasteiger partial charge in [0.05, 0.1) is 0 Å². The zero-order chi connectivity index (χ0) is 14.8. The van der Waals surface area contributed by atoms with Crippen LogP contribution in [-0.2, 0) is 0 Å². The van der Waals surface area contributed by atoms with Crippen molar-refractivity contribution in [2.45, 2.75) is 38.5 Å². The largest absolute Gasteiger partial charge is 0.371 e. The van der Waals surface area contributed by atoms with Crippen LogP contribution in [-0.4, -0.2) is 26.2 Å². The van der Waals surface area contributed by atoms with Crippen LogP contribution in [0.15, 0.2) is 36.4 Å². The van der Waals surface area contributed by atoms with E-state index in [1.807, 2.05) is 0 Å². The van der Waals surface area contributed by atoms with Gasteiger partial charge in [0.2, 0.25) is 0 Å². The molecule has 0 amide bonds. The fourth-order valence-electron chi connectivity index (χ4n) is 4.10. The van der Waals surface area contributed by atoms with Gasteiger partial charge in [-0.3, -0.25) is 0 Å². The average molecular weight is 294 g/mol. The van der Waals surface area contributed by atoms with Gasteiger partial charge in [-0.15, -0.1) is 0 Å². The zero-order valence-corrected chi connectivity index (χ0v) is 13.4. The van der Waals surface area contributed by atoms with E-state index >= 15 is 0 Å². The molecule has 0 radical (unpaired) electrons. The predicted molar refractivity (Wildman–Crippen MR) is 96.1 cm³/mol. The molecule has 0 atom stereocenters. The summed E-state index contributed by atoms with van der Waals surface area (Å²) >= 11 is 0. The van der Waals surface area contributed by atoms with Crippen molar-refractivity contribution in [3.05, 3.63) is 36.4 Å². The van der Waals surface area contributed by atoms with E-state index in [0.29, 0.717) is 0 Å². The van der Waals surface area contributed by atoms with Crippen molar-refractivity contribution in [3.8, 4) is 0 Å². The van der Waals surface area contributed by atoms with Crippen LogP contribution < -0.4 is 9.80 Å². The third-order valence-electron chi connectivity index (χ3n) is 5.27. The summed E-state index contributed by atoms with van der Waals surface area (Å²) in [5.74, 6) is 0. The van der Waals surface area contributed by atoms with E-state index in [1.54, 1.807) is 0 Å². The Morgan fingerprint density at radius 1 is 0.500 bits per heavy atom. The van der Waals surface area contributed by atoms with E-state index < -0.39 is 0 Å². The minimum absolute atomic E-state index is 1.22.